The van der Waals surface area contributed by atoms with Crippen molar-refractivity contribution in [2.24, 2.45) is 0 Å². The molecule has 0 fully saturated rings. The van der Waals surface area contributed by atoms with Crippen molar-refractivity contribution in [2.45, 2.75) is 53.6 Å². The Morgan fingerprint density at radius 3 is 1.04 bits per heavy atom. The maximum atomic E-state index is 14.8. The molecule has 0 aliphatic heterocycles. The van der Waals surface area contributed by atoms with Gasteiger partial charge in [-0.25, -0.2) is 17.6 Å². The van der Waals surface area contributed by atoms with Gasteiger partial charge in [-0.2, -0.15) is 83.4 Å². The lowest BCUT2D eigenvalue weighted by Crippen LogP contribution is -2.75. The normalized spacial score (nSPS) is 15.1. The highest BCUT2D eigenvalue weighted by molar-refractivity contribution is 5.70. The van der Waals surface area contributed by atoms with Gasteiger partial charge in [0.15, 0.2) is 23.3 Å². The number of phenolic OH excluding ortho intramolecular Hbond substituents is 1. The minimum Gasteiger partial charge on any atom is -0.508 e. The molecule has 24 heteroatoms. The first-order valence-electron chi connectivity index (χ1n) is 10.4. The van der Waals surface area contributed by atoms with E-state index in [2.05, 4.69) is 0 Å². The van der Waals surface area contributed by atoms with Crippen LogP contribution < -0.4 is 0 Å². The molecule has 0 unspecified atom stereocenters. The van der Waals surface area contributed by atoms with Crippen LogP contribution in [0.25, 0.3) is 11.1 Å². The number of rotatable bonds is 9. The maximum absolute atomic E-state index is 14.8. The quantitative estimate of drug-likeness (QED) is 0.156. The lowest BCUT2D eigenvalue weighted by atomic mass is 9.84. The van der Waals surface area contributed by atoms with Crippen molar-refractivity contribution in [2.75, 3.05) is 0 Å². The molecule has 1 N–H and O–H groups in total. The fraction of sp³-hybridized carbons (Fsp3) is 0.429. The molecule has 0 aliphatic rings. The summed E-state index contributed by atoms with van der Waals surface area (Å²) >= 11 is 0. The number of halogens is 23. The summed E-state index contributed by atoms with van der Waals surface area (Å²) in [7, 11) is 0. The summed E-state index contributed by atoms with van der Waals surface area (Å²) in [4.78, 5) is 0. The first kappa shape index (κ1) is 37.8. The molecule has 0 bridgehead atoms. The molecule has 0 saturated heterocycles. The van der Waals surface area contributed by atoms with E-state index in [-0.39, 0.29) is 24.3 Å². The number of alkyl halides is 19. The van der Waals surface area contributed by atoms with Crippen molar-refractivity contribution < 1.29 is 106 Å². The molecule has 1 nitrogen and oxygen atoms in total. The average molecular weight is 710 g/mol. The maximum Gasteiger partial charge on any atom is 0.460 e. The monoisotopic (exact) mass is 710 g/mol. The third kappa shape index (κ3) is 4.78. The van der Waals surface area contributed by atoms with E-state index in [1.807, 2.05) is 0 Å². The Kier molecular flexibility index (Phi) is 8.67. The van der Waals surface area contributed by atoms with Crippen molar-refractivity contribution in [1.29, 1.82) is 0 Å². The summed E-state index contributed by atoms with van der Waals surface area (Å²) in [6.07, 6.45) is -8.08. The number of hydrogen-bond donors (Lipinski definition) is 1. The summed E-state index contributed by atoms with van der Waals surface area (Å²) in [5.74, 6) is -85.8. The molecule has 2 aromatic rings. The van der Waals surface area contributed by atoms with Crippen LogP contribution in [0.15, 0.2) is 24.3 Å². The number of hydrogen-bond acceptors (Lipinski definition) is 1. The predicted octanol–water partition coefficient (Wildman–Crippen LogP) is 9.72. The molecule has 0 atom stereocenters. The Morgan fingerprint density at radius 2 is 0.689 bits per heavy atom. The van der Waals surface area contributed by atoms with E-state index in [1.54, 1.807) is 0 Å². The first-order valence-corrected chi connectivity index (χ1v) is 10.4. The minimum atomic E-state index is -9.29. The number of phenols is 1. The molecule has 0 aliphatic carbocycles. The topological polar surface area (TPSA) is 20.2 Å². The van der Waals surface area contributed by atoms with Crippen molar-refractivity contribution in [1.82, 2.24) is 0 Å². The summed E-state index contributed by atoms with van der Waals surface area (Å²) in [6.45, 7) is 0. The molecule has 0 spiro atoms. The van der Waals surface area contributed by atoms with Crippen LogP contribution in [-0.4, -0.2) is 52.7 Å². The summed E-state index contributed by atoms with van der Waals surface area (Å²) < 4.78 is 315. The van der Waals surface area contributed by atoms with E-state index in [0.29, 0.717) is 0 Å². The van der Waals surface area contributed by atoms with Crippen molar-refractivity contribution in [3.63, 3.8) is 0 Å². The molecule has 2 aromatic carbocycles. The molecule has 0 radical (unpaired) electrons. The second kappa shape index (κ2) is 10.3. The Bertz CT molecular complexity index is 1440. The van der Waals surface area contributed by atoms with Gasteiger partial charge >= 0.3 is 53.6 Å². The third-order valence-corrected chi connectivity index (χ3v) is 5.85. The average Bonchev–Trinajstić information content (AvgIpc) is 2.88. The van der Waals surface area contributed by atoms with Crippen LogP contribution in [-0.2, 0) is 5.92 Å². The van der Waals surface area contributed by atoms with Gasteiger partial charge in [-0.15, -0.1) is 0 Å². The Balaban J connectivity index is 2.95. The second-order valence-corrected chi connectivity index (χ2v) is 8.65. The molecule has 2 rings (SSSR count). The van der Waals surface area contributed by atoms with Crippen molar-refractivity contribution in [3.05, 3.63) is 53.1 Å². The van der Waals surface area contributed by atoms with Crippen LogP contribution in [0.3, 0.4) is 0 Å². The van der Waals surface area contributed by atoms with Gasteiger partial charge in [-0.05, 0) is 17.7 Å². The zero-order valence-corrected chi connectivity index (χ0v) is 19.9. The Hall–Kier alpha value is -3.37. The zero-order chi connectivity index (χ0) is 35.9. The smallest absolute Gasteiger partial charge is 0.460 e. The molecule has 256 valence electrons. The van der Waals surface area contributed by atoms with Crippen LogP contribution in [0.5, 0.6) is 5.75 Å². The lowest BCUT2D eigenvalue weighted by molar-refractivity contribution is -0.469. The predicted molar refractivity (Wildman–Crippen MR) is 98.0 cm³/mol. The van der Waals surface area contributed by atoms with Crippen molar-refractivity contribution in [3.8, 4) is 16.9 Å². The first-order chi connectivity index (χ1) is 19.6. The van der Waals surface area contributed by atoms with Gasteiger partial charge in [0, 0.05) is 5.56 Å². The Labute approximate surface area is 230 Å². The SMILES string of the molecule is Oc1ccc(-c2c(F)c(F)c(F)c(F)c2C(F)(F)C(F)(F)C(F)(F)C(F)(F)C(F)(F)C(F)(F)C(F)(F)C(F)(F)C(F)(F)F)cc1. The van der Waals surface area contributed by atoms with Crippen LogP contribution in [0.1, 0.15) is 5.56 Å². The van der Waals surface area contributed by atoms with Crippen LogP contribution in [0, 0.1) is 23.3 Å². The van der Waals surface area contributed by atoms with Gasteiger partial charge in [0.05, 0.1) is 5.56 Å². The fourth-order valence-electron chi connectivity index (χ4n) is 3.34. The van der Waals surface area contributed by atoms with Gasteiger partial charge in [-0.3, -0.25) is 0 Å². The molecular formula is C21H5F23O. The summed E-state index contributed by atoms with van der Waals surface area (Å²) in [6, 6.07) is 0.506. The van der Waals surface area contributed by atoms with E-state index in [4.69, 9.17) is 5.11 Å². The van der Waals surface area contributed by atoms with Gasteiger partial charge in [-0.1, -0.05) is 12.1 Å². The second-order valence-electron chi connectivity index (χ2n) is 8.65. The largest absolute Gasteiger partial charge is 0.508 e. The Morgan fingerprint density at radius 1 is 0.378 bits per heavy atom. The molecule has 0 heterocycles. The van der Waals surface area contributed by atoms with E-state index < -0.39 is 99.3 Å². The molecular weight excluding hydrogens is 705 g/mol. The molecule has 0 amide bonds. The van der Waals surface area contributed by atoms with Crippen LogP contribution in [0.2, 0.25) is 0 Å². The summed E-state index contributed by atoms with van der Waals surface area (Å²) in [5.41, 5.74) is -8.42. The van der Waals surface area contributed by atoms with Gasteiger partial charge in [0.25, 0.3) is 0 Å². The van der Waals surface area contributed by atoms with Gasteiger partial charge in [0.1, 0.15) is 5.75 Å². The minimum absolute atomic E-state index is 0.0205. The molecule has 0 saturated carbocycles. The fourth-order valence-corrected chi connectivity index (χ4v) is 3.34. The van der Waals surface area contributed by atoms with Gasteiger partial charge in [0.2, 0.25) is 0 Å². The highest BCUT2D eigenvalue weighted by Gasteiger charge is 2.96. The van der Waals surface area contributed by atoms with Crippen LogP contribution in [0.4, 0.5) is 101 Å². The highest BCUT2D eigenvalue weighted by Crippen LogP contribution is 2.66. The third-order valence-electron chi connectivity index (χ3n) is 5.85. The molecule has 0 aromatic heterocycles. The zero-order valence-electron chi connectivity index (χ0n) is 19.9. The number of benzene rings is 2. The van der Waals surface area contributed by atoms with Crippen LogP contribution >= 0.6 is 0 Å². The lowest BCUT2D eigenvalue weighted by Gasteiger charge is -2.44. The summed E-state index contributed by atoms with van der Waals surface area (Å²) in [5, 5.41) is 9.13. The van der Waals surface area contributed by atoms with E-state index in [9.17, 15) is 101 Å². The van der Waals surface area contributed by atoms with E-state index >= 15 is 0 Å². The molecule has 45 heavy (non-hydrogen) atoms. The van der Waals surface area contributed by atoms with Gasteiger partial charge < -0.3 is 5.11 Å². The number of aromatic hydroxyl groups is 1. The van der Waals surface area contributed by atoms with E-state index in [0.717, 1.165) is 0 Å². The standard InChI is InChI=1S/C21H5F23O/c22-9-7(5-1-3-6(45)4-2-5)8(10(23)12(25)11(9)24)13(26,27)14(28,29)15(30,31)16(32,33)17(34,35)18(36,37)19(38,39)20(40,41)21(42,43)44/h1-4,45H. The highest BCUT2D eigenvalue weighted by atomic mass is 19.4. The van der Waals surface area contributed by atoms with Crippen molar-refractivity contribution >= 4 is 0 Å². The van der Waals surface area contributed by atoms with E-state index in [1.165, 1.54) is 0 Å².